The zero-order chi connectivity index (χ0) is 20.0. The van der Waals surface area contributed by atoms with Gasteiger partial charge in [0.05, 0.1) is 19.4 Å². The third kappa shape index (κ3) is 8.73. The van der Waals surface area contributed by atoms with Gasteiger partial charge in [0.1, 0.15) is 5.75 Å². The Kier molecular flexibility index (Phi) is 9.65. The average Bonchev–Trinajstić information content (AvgIpc) is 2.71. The fourth-order valence-corrected chi connectivity index (χ4v) is 2.85. The van der Waals surface area contributed by atoms with Gasteiger partial charge in [-0.1, -0.05) is 54.2 Å². The summed E-state index contributed by atoms with van der Waals surface area (Å²) in [6, 6.07) is 17.5. The minimum absolute atomic E-state index is 0.201. The van der Waals surface area contributed by atoms with Crippen molar-refractivity contribution in [1.82, 2.24) is 0 Å². The first-order chi connectivity index (χ1) is 13.7. The van der Waals surface area contributed by atoms with Gasteiger partial charge < -0.3 is 15.2 Å². The SMILES string of the molecule is CCOC(=O)CCCOc1cccc(C=NN=C(N)SCc2ccccc2)c1. The van der Waals surface area contributed by atoms with Crippen molar-refractivity contribution in [2.45, 2.75) is 25.5 Å². The number of nitrogens with two attached hydrogens (primary N) is 1. The van der Waals surface area contributed by atoms with Gasteiger partial charge in [-0.3, -0.25) is 4.79 Å². The number of carbonyl (C=O) groups excluding carboxylic acids is 1. The number of carbonyl (C=O) groups is 1. The number of hydrogen-bond donors (Lipinski definition) is 1. The number of esters is 1. The van der Waals surface area contributed by atoms with Gasteiger partial charge in [0.2, 0.25) is 0 Å². The van der Waals surface area contributed by atoms with Crippen molar-refractivity contribution >= 4 is 29.1 Å². The van der Waals surface area contributed by atoms with E-state index in [-0.39, 0.29) is 5.97 Å². The van der Waals surface area contributed by atoms with Crippen molar-refractivity contribution in [3.05, 3.63) is 65.7 Å². The van der Waals surface area contributed by atoms with Crippen molar-refractivity contribution in [2.24, 2.45) is 15.9 Å². The molecule has 2 rings (SSSR count). The van der Waals surface area contributed by atoms with Crippen LogP contribution in [0, 0.1) is 0 Å². The summed E-state index contributed by atoms with van der Waals surface area (Å²) < 4.78 is 10.5. The van der Waals surface area contributed by atoms with Crippen LogP contribution in [0.25, 0.3) is 0 Å². The number of hydrogen-bond acceptors (Lipinski definition) is 6. The highest BCUT2D eigenvalue weighted by Crippen LogP contribution is 2.14. The molecule has 0 fully saturated rings. The topological polar surface area (TPSA) is 86.3 Å². The summed E-state index contributed by atoms with van der Waals surface area (Å²) in [5, 5.41) is 8.46. The molecule has 0 aliphatic heterocycles. The third-order valence-corrected chi connectivity index (χ3v) is 4.41. The molecule has 28 heavy (non-hydrogen) atoms. The first-order valence-electron chi connectivity index (χ1n) is 9.09. The van der Waals surface area contributed by atoms with Gasteiger partial charge in [-0.2, -0.15) is 5.10 Å². The minimum atomic E-state index is -0.201. The molecule has 0 aliphatic carbocycles. The van der Waals surface area contributed by atoms with Crippen LogP contribution in [-0.4, -0.2) is 30.6 Å². The quantitative estimate of drug-likeness (QED) is 0.215. The fourth-order valence-electron chi connectivity index (χ4n) is 2.24. The van der Waals surface area contributed by atoms with E-state index in [1.165, 1.54) is 17.3 Å². The van der Waals surface area contributed by atoms with Crippen LogP contribution in [0.5, 0.6) is 5.75 Å². The van der Waals surface area contributed by atoms with Crippen LogP contribution < -0.4 is 10.5 Å². The van der Waals surface area contributed by atoms with Crippen LogP contribution in [0.3, 0.4) is 0 Å². The molecule has 0 saturated heterocycles. The Balaban J connectivity index is 1.77. The minimum Gasteiger partial charge on any atom is -0.494 e. The van der Waals surface area contributed by atoms with Crippen LogP contribution >= 0.6 is 11.8 Å². The van der Waals surface area contributed by atoms with Gasteiger partial charge in [-0.25, -0.2) is 0 Å². The molecule has 7 heteroatoms. The molecule has 0 atom stereocenters. The predicted octanol–water partition coefficient (Wildman–Crippen LogP) is 3.99. The Bertz CT molecular complexity index is 794. The Hall–Kier alpha value is -2.80. The Morgan fingerprint density at radius 1 is 1.18 bits per heavy atom. The Morgan fingerprint density at radius 3 is 2.79 bits per heavy atom. The zero-order valence-corrected chi connectivity index (χ0v) is 16.7. The number of amidine groups is 1. The molecule has 0 amide bonds. The van der Waals surface area contributed by atoms with Crippen molar-refractivity contribution in [1.29, 1.82) is 0 Å². The highest BCUT2D eigenvalue weighted by atomic mass is 32.2. The van der Waals surface area contributed by atoms with Crippen molar-refractivity contribution < 1.29 is 14.3 Å². The molecule has 0 aromatic heterocycles. The van der Waals surface area contributed by atoms with Gasteiger partial charge in [-0.15, -0.1) is 5.10 Å². The molecule has 0 aliphatic rings. The highest BCUT2D eigenvalue weighted by molar-refractivity contribution is 8.13. The fraction of sp³-hybridized carbons (Fsp3) is 0.286. The summed E-state index contributed by atoms with van der Waals surface area (Å²) in [4.78, 5) is 11.3. The molecule has 2 aromatic carbocycles. The molecule has 0 heterocycles. The maximum atomic E-state index is 11.3. The monoisotopic (exact) mass is 399 g/mol. The molecule has 148 valence electrons. The maximum absolute atomic E-state index is 11.3. The van der Waals surface area contributed by atoms with Crippen LogP contribution in [-0.2, 0) is 15.3 Å². The van der Waals surface area contributed by atoms with E-state index in [0.29, 0.717) is 37.0 Å². The van der Waals surface area contributed by atoms with Crippen molar-refractivity contribution in [3.63, 3.8) is 0 Å². The van der Waals surface area contributed by atoms with E-state index >= 15 is 0 Å². The van der Waals surface area contributed by atoms with Crippen LogP contribution in [0.15, 0.2) is 64.8 Å². The summed E-state index contributed by atoms with van der Waals surface area (Å²) in [7, 11) is 0. The van der Waals surface area contributed by atoms with E-state index in [0.717, 1.165) is 11.3 Å². The number of ether oxygens (including phenoxy) is 2. The maximum Gasteiger partial charge on any atom is 0.305 e. The average molecular weight is 400 g/mol. The van der Waals surface area contributed by atoms with E-state index < -0.39 is 0 Å². The number of nitrogens with zero attached hydrogens (tertiary/aromatic N) is 2. The largest absolute Gasteiger partial charge is 0.494 e. The van der Waals surface area contributed by atoms with Gasteiger partial charge >= 0.3 is 5.97 Å². The molecule has 0 bridgehead atoms. The third-order valence-electron chi connectivity index (χ3n) is 3.55. The van der Waals surface area contributed by atoms with Gasteiger partial charge in [-0.05, 0) is 36.6 Å². The second-order valence-electron chi connectivity index (χ2n) is 5.79. The molecule has 2 N–H and O–H groups in total. The van der Waals surface area contributed by atoms with Crippen LogP contribution in [0.2, 0.25) is 0 Å². The van der Waals surface area contributed by atoms with Gasteiger partial charge in [0.15, 0.2) is 5.17 Å². The summed E-state index contributed by atoms with van der Waals surface area (Å²) in [6.45, 7) is 2.64. The van der Waals surface area contributed by atoms with Crippen molar-refractivity contribution in [3.8, 4) is 5.75 Å². The number of thioether (sulfide) groups is 1. The first-order valence-corrected chi connectivity index (χ1v) is 10.1. The molecule has 0 saturated carbocycles. The molecule has 0 spiro atoms. The standard InChI is InChI=1S/C21H25N3O3S/c1-2-26-20(25)12-7-13-27-19-11-6-10-18(14-19)15-23-24-21(22)28-16-17-8-4-3-5-9-17/h3-6,8-11,14-15H,2,7,12-13,16H2,1H3,(H2,22,24). The molecule has 0 unspecified atom stereocenters. The molecular weight excluding hydrogens is 374 g/mol. The highest BCUT2D eigenvalue weighted by Gasteiger charge is 2.02. The van der Waals surface area contributed by atoms with Crippen LogP contribution in [0.1, 0.15) is 30.9 Å². The molecule has 2 aromatic rings. The lowest BCUT2D eigenvalue weighted by molar-refractivity contribution is -0.143. The normalized spacial score (nSPS) is 11.5. The molecule has 6 nitrogen and oxygen atoms in total. The summed E-state index contributed by atoms with van der Waals surface area (Å²) in [6.07, 6.45) is 2.58. The van der Waals surface area contributed by atoms with E-state index in [4.69, 9.17) is 15.2 Å². The second-order valence-corrected chi connectivity index (χ2v) is 6.78. The first kappa shape index (κ1) is 21.5. The Labute approximate surface area is 169 Å². The number of benzene rings is 2. The second kappa shape index (κ2) is 12.6. The molecule has 0 radical (unpaired) electrons. The van der Waals surface area contributed by atoms with E-state index in [9.17, 15) is 4.79 Å². The van der Waals surface area contributed by atoms with Crippen LogP contribution in [0.4, 0.5) is 0 Å². The lowest BCUT2D eigenvalue weighted by Gasteiger charge is -2.06. The summed E-state index contributed by atoms with van der Waals surface area (Å²) >= 11 is 1.44. The van der Waals surface area contributed by atoms with E-state index in [1.54, 1.807) is 13.1 Å². The Morgan fingerprint density at radius 2 is 2.00 bits per heavy atom. The predicted molar refractivity (Wildman–Crippen MR) is 115 cm³/mol. The summed E-state index contributed by atoms with van der Waals surface area (Å²) in [5.74, 6) is 1.26. The van der Waals surface area contributed by atoms with Gasteiger partial charge in [0, 0.05) is 12.2 Å². The zero-order valence-electron chi connectivity index (χ0n) is 15.9. The van der Waals surface area contributed by atoms with Crippen molar-refractivity contribution in [2.75, 3.05) is 13.2 Å². The van der Waals surface area contributed by atoms with Gasteiger partial charge in [0.25, 0.3) is 0 Å². The van der Waals surface area contributed by atoms with E-state index in [2.05, 4.69) is 10.2 Å². The molecular formula is C21H25N3O3S. The number of rotatable bonds is 10. The van der Waals surface area contributed by atoms with E-state index in [1.807, 2.05) is 54.6 Å². The lowest BCUT2D eigenvalue weighted by atomic mass is 10.2. The lowest BCUT2D eigenvalue weighted by Crippen LogP contribution is -2.06. The smallest absolute Gasteiger partial charge is 0.305 e. The summed E-state index contributed by atoms with van der Waals surface area (Å²) in [5.41, 5.74) is 7.92.